The molecule has 0 bridgehead atoms. The number of nitrogens with one attached hydrogen (secondary N) is 2. The monoisotopic (exact) mass is 269 g/mol. The number of rotatable bonds is 6. The van der Waals surface area contributed by atoms with Crippen LogP contribution >= 0.6 is 11.3 Å². The molecule has 1 aliphatic heterocycles. The van der Waals surface area contributed by atoms with E-state index in [1.54, 1.807) is 11.3 Å². The first kappa shape index (κ1) is 13.9. The minimum atomic E-state index is -0.0620. The smallest absolute Gasteiger partial charge is 0.112 e. The van der Waals surface area contributed by atoms with E-state index in [1.807, 2.05) is 11.6 Å². The van der Waals surface area contributed by atoms with E-state index in [2.05, 4.69) is 36.4 Å². The Bertz CT molecular complexity index is 353. The van der Waals surface area contributed by atoms with Gasteiger partial charge >= 0.3 is 0 Å². The van der Waals surface area contributed by atoms with Crippen molar-refractivity contribution in [2.24, 2.45) is 5.92 Å². The number of hydrogen-bond donors (Lipinski definition) is 2. The summed E-state index contributed by atoms with van der Waals surface area (Å²) >= 11 is 1.70. The lowest BCUT2D eigenvalue weighted by molar-refractivity contribution is 0.180. The van der Waals surface area contributed by atoms with Gasteiger partial charge in [-0.05, 0) is 20.4 Å². The van der Waals surface area contributed by atoms with Crippen LogP contribution in [0.25, 0.3) is 0 Å². The fourth-order valence-electron chi connectivity index (χ4n) is 2.28. The summed E-state index contributed by atoms with van der Waals surface area (Å²) < 4.78 is 5.56. The molecule has 18 heavy (non-hydrogen) atoms. The number of ether oxygens (including phenoxy) is 1. The van der Waals surface area contributed by atoms with Gasteiger partial charge in [0.2, 0.25) is 0 Å². The van der Waals surface area contributed by atoms with Crippen molar-refractivity contribution in [1.29, 1.82) is 0 Å². The van der Waals surface area contributed by atoms with E-state index in [4.69, 9.17) is 4.74 Å². The molecule has 0 saturated carbocycles. The Kier molecular flexibility index (Phi) is 4.72. The number of hydrogen-bond acceptors (Lipinski definition) is 5. The number of aromatic nitrogens is 1. The van der Waals surface area contributed by atoms with Crippen LogP contribution in [-0.4, -0.2) is 37.3 Å². The molecule has 4 nitrogen and oxygen atoms in total. The van der Waals surface area contributed by atoms with Gasteiger partial charge in [-0.2, -0.15) is 0 Å². The predicted molar refractivity (Wildman–Crippen MR) is 74.9 cm³/mol. The molecular formula is C13H23N3OS. The third kappa shape index (κ3) is 3.29. The van der Waals surface area contributed by atoms with Crippen molar-refractivity contribution < 1.29 is 4.74 Å². The molecule has 0 aliphatic carbocycles. The third-order valence-electron chi connectivity index (χ3n) is 3.44. The minimum Gasteiger partial charge on any atom is -0.379 e. The molecular weight excluding hydrogens is 246 g/mol. The van der Waals surface area contributed by atoms with Crippen LogP contribution in [0, 0.1) is 5.92 Å². The molecule has 2 rings (SSSR count). The topological polar surface area (TPSA) is 46.2 Å². The van der Waals surface area contributed by atoms with Gasteiger partial charge in [0.05, 0.1) is 18.8 Å². The molecule has 0 amide bonds. The zero-order valence-corrected chi connectivity index (χ0v) is 12.2. The lowest BCUT2D eigenvalue weighted by atomic mass is 10.0. The molecule has 2 unspecified atom stereocenters. The molecule has 5 heteroatoms. The quantitative estimate of drug-likeness (QED) is 0.823. The average molecular weight is 269 g/mol. The first-order chi connectivity index (χ1) is 8.63. The van der Waals surface area contributed by atoms with Gasteiger partial charge in [-0.1, -0.05) is 6.92 Å². The maximum Gasteiger partial charge on any atom is 0.112 e. The summed E-state index contributed by atoms with van der Waals surface area (Å²) in [5.74, 6) is 0.546. The summed E-state index contributed by atoms with van der Waals surface area (Å²) in [7, 11) is 0. The summed E-state index contributed by atoms with van der Waals surface area (Å²) in [5, 5.41) is 10.3. The standard InChI is InChI=1S/C13H23N3OS/c1-4-14-11-9-17-8-10(11)7-16-13(2,3)12-15-5-6-18-12/h5-6,10-11,14,16H,4,7-9H2,1-3H3. The maximum absolute atomic E-state index is 5.56. The largest absolute Gasteiger partial charge is 0.379 e. The molecule has 1 aromatic rings. The Labute approximate surface area is 113 Å². The maximum atomic E-state index is 5.56. The van der Waals surface area contributed by atoms with E-state index in [1.165, 1.54) is 0 Å². The van der Waals surface area contributed by atoms with Gasteiger partial charge in [0.15, 0.2) is 0 Å². The average Bonchev–Trinajstić information content (AvgIpc) is 2.98. The van der Waals surface area contributed by atoms with E-state index < -0.39 is 0 Å². The Hall–Kier alpha value is -0.490. The lowest BCUT2D eigenvalue weighted by Crippen LogP contribution is -2.45. The Balaban J connectivity index is 1.87. The Morgan fingerprint density at radius 1 is 1.50 bits per heavy atom. The van der Waals surface area contributed by atoms with Gasteiger partial charge in [-0.3, -0.25) is 0 Å². The molecule has 102 valence electrons. The highest BCUT2D eigenvalue weighted by molar-refractivity contribution is 7.09. The highest BCUT2D eigenvalue weighted by Crippen LogP contribution is 2.23. The van der Waals surface area contributed by atoms with Crippen molar-refractivity contribution in [3.63, 3.8) is 0 Å². The molecule has 1 saturated heterocycles. The number of likely N-dealkylation sites (N-methyl/N-ethyl adjacent to an activating group) is 1. The van der Waals surface area contributed by atoms with Crippen LogP contribution in [-0.2, 0) is 10.3 Å². The van der Waals surface area contributed by atoms with Crippen molar-refractivity contribution in [1.82, 2.24) is 15.6 Å². The van der Waals surface area contributed by atoms with Crippen molar-refractivity contribution >= 4 is 11.3 Å². The van der Waals surface area contributed by atoms with Crippen LogP contribution < -0.4 is 10.6 Å². The van der Waals surface area contributed by atoms with Crippen LogP contribution in [0.3, 0.4) is 0 Å². The molecule has 0 radical (unpaired) electrons. The van der Waals surface area contributed by atoms with Crippen molar-refractivity contribution in [2.45, 2.75) is 32.4 Å². The number of nitrogens with zero attached hydrogens (tertiary/aromatic N) is 1. The first-order valence-electron chi connectivity index (χ1n) is 6.59. The van der Waals surface area contributed by atoms with Gasteiger partial charge in [0.1, 0.15) is 5.01 Å². The molecule has 2 atom stereocenters. The molecule has 1 aliphatic rings. The lowest BCUT2D eigenvalue weighted by Gasteiger charge is -2.27. The van der Waals surface area contributed by atoms with Crippen LogP contribution in [0.2, 0.25) is 0 Å². The number of thiazole rings is 1. The van der Waals surface area contributed by atoms with Gasteiger partial charge < -0.3 is 15.4 Å². The highest BCUT2D eigenvalue weighted by atomic mass is 32.1. The van der Waals surface area contributed by atoms with E-state index in [0.29, 0.717) is 12.0 Å². The Morgan fingerprint density at radius 2 is 2.33 bits per heavy atom. The summed E-state index contributed by atoms with van der Waals surface area (Å²) in [6.07, 6.45) is 1.86. The Morgan fingerprint density at radius 3 is 3.00 bits per heavy atom. The zero-order chi connectivity index (χ0) is 13.0. The fraction of sp³-hybridized carbons (Fsp3) is 0.769. The molecule has 2 heterocycles. The molecule has 2 N–H and O–H groups in total. The normalized spacial score (nSPS) is 24.6. The molecule has 0 spiro atoms. The summed E-state index contributed by atoms with van der Waals surface area (Å²) in [6, 6.07) is 0.481. The minimum absolute atomic E-state index is 0.0620. The molecule has 1 fully saturated rings. The molecule has 1 aromatic heterocycles. The summed E-state index contributed by atoms with van der Waals surface area (Å²) in [6.45, 7) is 10.2. The van der Waals surface area contributed by atoms with Crippen LogP contribution in [0.4, 0.5) is 0 Å². The van der Waals surface area contributed by atoms with Gasteiger partial charge in [0.25, 0.3) is 0 Å². The SMILES string of the molecule is CCNC1COCC1CNC(C)(C)c1nccs1. The van der Waals surface area contributed by atoms with E-state index >= 15 is 0 Å². The van der Waals surface area contributed by atoms with Gasteiger partial charge in [-0.15, -0.1) is 11.3 Å². The van der Waals surface area contributed by atoms with E-state index in [9.17, 15) is 0 Å². The van der Waals surface area contributed by atoms with E-state index in [-0.39, 0.29) is 5.54 Å². The zero-order valence-electron chi connectivity index (χ0n) is 11.4. The summed E-state index contributed by atoms with van der Waals surface area (Å²) in [5.41, 5.74) is -0.0620. The van der Waals surface area contributed by atoms with E-state index in [0.717, 1.165) is 31.3 Å². The van der Waals surface area contributed by atoms with Crippen LogP contribution in [0.5, 0.6) is 0 Å². The second-order valence-electron chi connectivity index (χ2n) is 5.30. The van der Waals surface area contributed by atoms with Crippen molar-refractivity contribution in [3.8, 4) is 0 Å². The fourth-order valence-corrected chi connectivity index (χ4v) is 3.02. The highest BCUT2D eigenvalue weighted by Gasteiger charge is 2.30. The van der Waals surface area contributed by atoms with Gasteiger partial charge in [0, 0.05) is 30.1 Å². The third-order valence-corrected chi connectivity index (χ3v) is 4.53. The second-order valence-corrected chi connectivity index (χ2v) is 6.20. The van der Waals surface area contributed by atoms with Gasteiger partial charge in [-0.25, -0.2) is 4.98 Å². The molecule has 0 aromatic carbocycles. The van der Waals surface area contributed by atoms with Crippen molar-refractivity contribution in [3.05, 3.63) is 16.6 Å². The predicted octanol–water partition coefficient (Wildman–Crippen LogP) is 1.59. The second kappa shape index (κ2) is 6.10. The summed E-state index contributed by atoms with van der Waals surface area (Å²) in [4.78, 5) is 4.40. The van der Waals surface area contributed by atoms with Crippen molar-refractivity contribution in [2.75, 3.05) is 26.3 Å². The van der Waals surface area contributed by atoms with Crippen LogP contribution in [0.15, 0.2) is 11.6 Å². The first-order valence-corrected chi connectivity index (χ1v) is 7.47. The van der Waals surface area contributed by atoms with Crippen LogP contribution in [0.1, 0.15) is 25.8 Å².